The van der Waals surface area contributed by atoms with Crippen LogP contribution < -0.4 is 4.74 Å². The highest BCUT2D eigenvalue weighted by Gasteiger charge is 2.08. The Labute approximate surface area is 103 Å². The van der Waals surface area contributed by atoms with E-state index in [1.165, 1.54) is 18.2 Å². The zero-order valence-corrected chi connectivity index (χ0v) is 11.1. The monoisotopic (exact) mass is 310 g/mol. The lowest BCUT2D eigenvalue weighted by Gasteiger charge is -2.06. The van der Waals surface area contributed by atoms with Crippen LogP contribution in [0.25, 0.3) is 0 Å². The minimum atomic E-state index is -3.02. The number of rotatable bonds is 5. The van der Waals surface area contributed by atoms with Crippen LogP contribution in [0.1, 0.15) is 6.92 Å². The largest absolute Gasteiger partial charge is 0.492 e. The Hall–Kier alpha value is -0.620. The second kappa shape index (κ2) is 5.63. The van der Waals surface area contributed by atoms with Gasteiger partial charge in [0.25, 0.3) is 0 Å². The lowest BCUT2D eigenvalue weighted by molar-refractivity contribution is 0.340. The first-order chi connectivity index (χ1) is 7.44. The van der Waals surface area contributed by atoms with Crippen LogP contribution in [0.4, 0.5) is 4.39 Å². The summed E-state index contributed by atoms with van der Waals surface area (Å²) in [6.07, 6.45) is 0. The molecule has 0 saturated heterocycles. The molecule has 0 saturated carbocycles. The molecule has 3 nitrogen and oxygen atoms in total. The Kier molecular flexibility index (Phi) is 4.73. The van der Waals surface area contributed by atoms with Crippen molar-refractivity contribution in [3.05, 3.63) is 28.5 Å². The van der Waals surface area contributed by atoms with Gasteiger partial charge in [0.15, 0.2) is 9.84 Å². The van der Waals surface area contributed by atoms with Crippen molar-refractivity contribution in [2.75, 3.05) is 18.1 Å². The van der Waals surface area contributed by atoms with Crippen molar-refractivity contribution < 1.29 is 17.5 Å². The predicted octanol–water partition coefficient (Wildman–Crippen LogP) is 2.40. The fraction of sp³-hybridized carbons (Fsp3) is 0.400. The molecule has 0 fully saturated rings. The van der Waals surface area contributed by atoms with Crippen LogP contribution in [-0.2, 0) is 9.84 Å². The molecule has 0 atom stereocenters. The SMILES string of the molecule is CCS(=O)(=O)CCOc1ccc(F)c(Br)c1. The lowest BCUT2D eigenvalue weighted by atomic mass is 10.3. The van der Waals surface area contributed by atoms with Gasteiger partial charge in [-0.3, -0.25) is 0 Å². The Morgan fingerprint density at radius 3 is 2.69 bits per heavy atom. The van der Waals surface area contributed by atoms with Crippen LogP contribution in [0, 0.1) is 5.82 Å². The maximum absolute atomic E-state index is 12.9. The van der Waals surface area contributed by atoms with Gasteiger partial charge in [-0.05, 0) is 34.1 Å². The van der Waals surface area contributed by atoms with Crippen LogP contribution in [0.15, 0.2) is 22.7 Å². The highest BCUT2D eigenvalue weighted by Crippen LogP contribution is 2.21. The van der Waals surface area contributed by atoms with E-state index in [1.54, 1.807) is 6.92 Å². The molecule has 0 amide bonds. The van der Waals surface area contributed by atoms with E-state index in [4.69, 9.17) is 4.74 Å². The highest BCUT2D eigenvalue weighted by molar-refractivity contribution is 9.10. The van der Waals surface area contributed by atoms with E-state index >= 15 is 0 Å². The zero-order valence-electron chi connectivity index (χ0n) is 8.74. The van der Waals surface area contributed by atoms with Crippen molar-refractivity contribution in [3.63, 3.8) is 0 Å². The number of halogens is 2. The van der Waals surface area contributed by atoms with Crippen molar-refractivity contribution in [3.8, 4) is 5.75 Å². The Balaban J connectivity index is 2.53. The third kappa shape index (κ3) is 4.09. The summed E-state index contributed by atoms with van der Waals surface area (Å²) in [5.74, 6) is 0.134. The molecule has 0 N–H and O–H groups in total. The fourth-order valence-corrected chi connectivity index (χ4v) is 1.98. The summed E-state index contributed by atoms with van der Waals surface area (Å²) in [5.41, 5.74) is 0. The summed E-state index contributed by atoms with van der Waals surface area (Å²) < 4.78 is 40.7. The minimum Gasteiger partial charge on any atom is -0.492 e. The van der Waals surface area contributed by atoms with Gasteiger partial charge < -0.3 is 4.74 Å². The molecule has 90 valence electrons. The topological polar surface area (TPSA) is 43.4 Å². The smallest absolute Gasteiger partial charge is 0.153 e. The predicted molar refractivity (Wildman–Crippen MR) is 63.9 cm³/mol. The molecule has 0 heterocycles. The first-order valence-corrected chi connectivity index (χ1v) is 7.34. The van der Waals surface area contributed by atoms with Crippen molar-refractivity contribution in [1.82, 2.24) is 0 Å². The molecule has 1 rings (SSSR count). The van der Waals surface area contributed by atoms with E-state index in [-0.39, 0.29) is 23.9 Å². The van der Waals surface area contributed by atoms with Crippen LogP contribution in [0.3, 0.4) is 0 Å². The van der Waals surface area contributed by atoms with Crippen LogP contribution in [0.2, 0.25) is 0 Å². The van der Waals surface area contributed by atoms with Gasteiger partial charge in [-0.15, -0.1) is 0 Å². The lowest BCUT2D eigenvalue weighted by Crippen LogP contribution is -2.15. The molecular weight excluding hydrogens is 299 g/mol. The Morgan fingerprint density at radius 1 is 1.44 bits per heavy atom. The summed E-state index contributed by atoms with van der Waals surface area (Å²) in [6, 6.07) is 4.18. The van der Waals surface area contributed by atoms with Crippen molar-refractivity contribution >= 4 is 25.8 Å². The van der Waals surface area contributed by atoms with Gasteiger partial charge in [0.1, 0.15) is 18.2 Å². The summed E-state index contributed by atoms with van der Waals surface area (Å²) in [4.78, 5) is 0. The second-order valence-corrected chi connectivity index (χ2v) is 6.49. The summed E-state index contributed by atoms with van der Waals surface area (Å²) in [6.45, 7) is 1.66. The van der Waals surface area contributed by atoms with Gasteiger partial charge in [-0.2, -0.15) is 0 Å². The first kappa shape index (κ1) is 13.4. The normalized spacial score (nSPS) is 11.4. The average molecular weight is 311 g/mol. The average Bonchev–Trinajstić information content (AvgIpc) is 2.23. The van der Waals surface area contributed by atoms with E-state index in [0.717, 1.165) is 0 Å². The molecule has 1 aromatic carbocycles. The molecular formula is C10H12BrFO3S. The van der Waals surface area contributed by atoms with E-state index in [1.807, 2.05) is 0 Å². The molecule has 1 aromatic rings. The molecule has 0 unspecified atom stereocenters. The molecule has 16 heavy (non-hydrogen) atoms. The zero-order chi connectivity index (χ0) is 12.2. The van der Waals surface area contributed by atoms with E-state index < -0.39 is 9.84 Å². The molecule has 0 radical (unpaired) electrons. The molecule has 0 aromatic heterocycles. The number of hydrogen-bond donors (Lipinski definition) is 0. The van der Waals surface area contributed by atoms with E-state index in [2.05, 4.69) is 15.9 Å². The highest BCUT2D eigenvalue weighted by atomic mass is 79.9. The molecule has 0 aliphatic rings. The van der Waals surface area contributed by atoms with Crippen LogP contribution in [0.5, 0.6) is 5.75 Å². The summed E-state index contributed by atoms with van der Waals surface area (Å²) in [7, 11) is -3.02. The molecule has 0 aliphatic heterocycles. The third-order valence-corrected chi connectivity index (χ3v) is 4.27. The van der Waals surface area contributed by atoms with Gasteiger partial charge in [-0.1, -0.05) is 6.92 Å². The maximum Gasteiger partial charge on any atom is 0.153 e. The van der Waals surface area contributed by atoms with Gasteiger partial charge >= 0.3 is 0 Å². The fourth-order valence-electron chi connectivity index (χ4n) is 0.997. The van der Waals surface area contributed by atoms with Crippen LogP contribution >= 0.6 is 15.9 Å². The summed E-state index contributed by atoms with van der Waals surface area (Å²) >= 11 is 3.02. The van der Waals surface area contributed by atoms with Gasteiger partial charge in [0.05, 0.1) is 10.2 Å². The third-order valence-electron chi connectivity index (χ3n) is 1.99. The number of hydrogen-bond acceptors (Lipinski definition) is 3. The quantitative estimate of drug-likeness (QED) is 0.839. The Bertz CT molecular complexity index is 459. The Morgan fingerprint density at radius 2 is 2.12 bits per heavy atom. The van der Waals surface area contributed by atoms with Crippen molar-refractivity contribution in [2.24, 2.45) is 0 Å². The number of ether oxygens (including phenoxy) is 1. The minimum absolute atomic E-state index is 0.0293. The van der Waals surface area contributed by atoms with E-state index in [9.17, 15) is 12.8 Å². The van der Waals surface area contributed by atoms with E-state index in [0.29, 0.717) is 10.2 Å². The standard InChI is InChI=1S/C10H12BrFO3S/c1-2-16(13,14)6-5-15-8-3-4-10(12)9(11)7-8/h3-4,7H,2,5-6H2,1H3. The summed E-state index contributed by atoms with van der Waals surface area (Å²) in [5, 5.41) is 0. The second-order valence-electron chi connectivity index (χ2n) is 3.16. The number of sulfone groups is 1. The van der Waals surface area contributed by atoms with Crippen molar-refractivity contribution in [2.45, 2.75) is 6.92 Å². The van der Waals surface area contributed by atoms with Crippen molar-refractivity contribution in [1.29, 1.82) is 0 Å². The molecule has 0 spiro atoms. The maximum atomic E-state index is 12.9. The molecule has 6 heteroatoms. The van der Waals surface area contributed by atoms with Gasteiger partial charge in [-0.25, -0.2) is 12.8 Å². The molecule has 0 aliphatic carbocycles. The molecule has 0 bridgehead atoms. The van der Waals surface area contributed by atoms with Crippen LogP contribution in [-0.4, -0.2) is 26.5 Å². The van der Waals surface area contributed by atoms with Gasteiger partial charge in [0.2, 0.25) is 0 Å². The van der Waals surface area contributed by atoms with Gasteiger partial charge in [0, 0.05) is 5.75 Å². The first-order valence-electron chi connectivity index (χ1n) is 4.73. The number of benzene rings is 1.